The highest BCUT2D eigenvalue weighted by Gasteiger charge is 2.17. The maximum Gasteiger partial charge on any atom is 0.315 e. The number of hydrogen-bond acceptors (Lipinski definition) is 5. The molecule has 1 atom stereocenters. The number of urea groups is 1. The summed E-state index contributed by atoms with van der Waals surface area (Å²) in [5, 5.41) is 9.84. The normalized spacial score (nSPS) is 10.7. The van der Waals surface area contributed by atoms with E-state index in [1.165, 1.54) is 11.1 Å². The molecule has 0 bridgehead atoms. The Hall–Kier alpha value is -3.00. The third-order valence-electron chi connectivity index (χ3n) is 6.27. The smallest absolute Gasteiger partial charge is 0.315 e. The first-order valence-corrected chi connectivity index (χ1v) is 14.9. The average Bonchev–Trinajstić information content (AvgIpc) is 3.32. The minimum Gasteiger partial charge on any atom is -0.334 e. The minimum atomic E-state index is -0.194. The van der Waals surface area contributed by atoms with Gasteiger partial charge in [0.15, 0.2) is 5.78 Å². The summed E-state index contributed by atoms with van der Waals surface area (Å²) >= 11 is 1.55. The van der Waals surface area contributed by atoms with Gasteiger partial charge in [-0.2, -0.15) is 0 Å². The highest BCUT2D eigenvalue weighted by atomic mass is 32.1. The fourth-order valence-corrected chi connectivity index (χ4v) is 4.63. The van der Waals surface area contributed by atoms with Crippen LogP contribution in [0.2, 0.25) is 0 Å². The molecule has 2 rings (SSSR count). The molecule has 8 heteroatoms. The number of unbranched alkanes of at least 4 members (excludes halogenated alkanes) is 2. The molecular weight excluding hydrogens is 510 g/mol. The van der Waals surface area contributed by atoms with Crippen LogP contribution in [0, 0.1) is 19.8 Å². The van der Waals surface area contributed by atoms with Crippen LogP contribution in [0.4, 0.5) is 4.79 Å². The molecule has 0 radical (unpaired) electrons. The van der Waals surface area contributed by atoms with Gasteiger partial charge in [0, 0.05) is 28.8 Å². The number of aryl methyl sites for hydroxylation is 2. The lowest BCUT2D eigenvalue weighted by molar-refractivity contribution is -0.125. The number of carbonyl (C=O) groups is 4. The first kappa shape index (κ1) is 36.0. The van der Waals surface area contributed by atoms with Crippen molar-refractivity contribution in [2.24, 2.45) is 5.92 Å². The lowest BCUT2D eigenvalue weighted by atomic mass is 9.95. The molecule has 39 heavy (non-hydrogen) atoms. The predicted molar refractivity (Wildman–Crippen MR) is 162 cm³/mol. The predicted octanol–water partition coefficient (Wildman–Crippen LogP) is 7.02. The topological polar surface area (TPSA) is 104 Å². The van der Waals surface area contributed by atoms with Crippen molar-refractivity contribution in [1.29, 1.82) is 0 Å². The lowest BCUT2D eigenvalue weighted by Crippen LogP contribution is -2.34. The Morgan fingerprint density at radius 2 is 1.67 bits per heavy atom. The Kier molecular flexibility index (Phi) is 19.3. The molecule has 0 aliphatic heterocycles. The van der Waals surface area contributed by atoms with Crippen molar-refractivity contribution in [2.75, 3.05) is 0 Å². The quantitative estimate of drug-likeness (QED) is 0.139. The Morgan fingerprint density at radius 1 is 1.00 bits per heavy atom. The van der Waals surface area contributed by atoms with Crippen LogP contribution in [0.1, 0.15) is 111 Å². The minimum absolute atomic E-state index is 0.0926. The molecule has 0 saturated heterocycles. The SMILES string of the molecule is CC.CCC(C)Cc1c(C(C)=O)csc1CNC(=O)NCc1ccc(C)c(C)c1.CCCCCC(=O)NC=O. The monoisotopic (exact) mass is 559 g/mol. The third kappa shape index (κ3) is 14.7. The Morgan fingerprint density at radius 3 is 2.23 bits per heavy atom. The van der Waals surface area contributed by atoms with E-state index in [1.807, 2.05) is 25.3 Å². The maximum atomic E-state index is 12.2. The zero-order valence-electron chi connectivity index (χ0n) is 25.2. The molecule has 218 valence electrons. The molecule has 1 aromatic carbocycles. The van der Waals surface area contributed by atoms with E-state index in [4.69, 9.17) is 0 Å². The fraction of sp³-hybridized carbons (Fsp3) is 0.548. The van der Waals surface area contributed by atoms with Gasteiger partial charge < -0.3 is 10.6 Å². The Labute approximate surface area is 239 Å². The van der Waals surface area contributed by atoms with Crippen molar-refractivity contribution in [1.82, 2.24) is 16.0 Å². The van der Waals surface area contributed by atoms with Crippen LogP contribution in [0.5, 0.6) is 0 Å². The number of Topliss-reactive ketones (excluding diaryl/α,β-unsaturated/α-hetero) is 1. The second-order valence-electron chi connectivity index (χ2n) is 9.42. The number of thiophene rings is 1. The number of amides is 4. The third-order valence-corrected chi connectivity index (χ3v) is 7.30. The van der Waals surface area contributed by atoms with Gasteiger partial charge in [-0.15, -0.1) is 11.3 Å². The maximum absolute atomic E-state index is 12.2. The van der Waals surface area contributed by atoms with Gasteiger partial charge in [-0.1, -0.05) is 72.1 Å². The summed E-state index contributed by atoms with van der Waals surface area (Å²) in [6.07, 6.45) is 5.84. The first-order valence-electron chi connectivity index (χ1n) is 14.0. The van der Waals surface area contributed by atoms with E-state index in [0.29, 0.717) is 31.8 Å². The van der Waals surface area contributed by atoms with Gasteiger partial charge in [-0.3, -0.25) is 19.7 Å². The van der Waals surface area contributed by atoms with Crippen LogP contribution in [-0.4, -0.2) is 24.1 Å². The molecule has 2 aromatic rings. The second kappa shape index (κ2) is 20.9. The molecule has 0 spiro atoms. The van der Waals surface area contributed by atoms with Crippen LogP contribution in [0.25, 0.3) is 0 Å². The number of imide groups is 1. The van der Waals surface area contributed by atoms with E-state index >= 15 is 0 Å². The van der Waals surface area contributed by atoms with E-state index < -0.39 is 0 Å². The van der Waals surface area contributed by atoms with Gasteiger partial charge in [-0.05, 0) is 61.8 Å². The molecule has 0 fully saturated rings. The van der Waals surface area contributed by atoms with Gasteiger partial charge in [0.2, 0.25) is 12.3 Å². The molecule has 1 heterocycles. The molecular formula is C31H49N3O4S. The Balaban J connectivity index is 0.00000101. The fourth-order valence-electron chi connectivity index (χ4n) is 3.58. The molecule has 4 amide bonds. The average molecular weight is 560 g/mol. The highest BCUT2D eigenvalue weighted by molar-refractivity contribution is 7.10. The number of rotatable bonds is 13. The number of carbonyl (C=O) groups excluding carboxylic acids is 4. The summed E-state index contributed by atoms with van der Waals surface area (Å²) in [7, 11) is 0. The molecule has 0 aliphatic rings. The summed E-state index contributed by atoms with van der Waals surface area (Å²) in [4.78, 5) is 45.5. The van der Waals surface area contributed by atoms with E-state index in [1.54, 1.807) is 18.3 Å². The summed E-state index contributed by atoms with van der Waals surface area (Å²) in [5.74, 6) is 0.425. The lowest BCUT2D eigenvalue weighted by Gasteiger charge is -2.13. The van der Waals surface area contributed by atoms with Crippen LogP contribution >= 0.6 is 11.3 Å². The number of benzene rings is 1. The summed E-state index contributed by atoms with van der Waals surface area (Å²) in [6.45, 7) is 17.1. The number of hydrogen-bond donors (Lipinski definition) is 3. The van der Waals surface area contributed by atoms with Gasteiger partial charge in [-0.25, -0.2) is 4.79 Å². The second-order valence-corrected chi connectivity index (χ2v) is 10.4. The van der Waals surface area contributed by atoms with Crippen LogP contribution < -0.4 is 16.0 Å². The standard InChI is InChI=1S/C22H30N2O2S.C7H13NO2.C2H6/c1-6-14(2)9-19-20(17(5)25)13-27-21(19)12-24-22(26)23-11-18-8-7-15(3)16(4)10-18;1-2-3-4-5-7(10)8-6-9;1-2/h7-8,10,13-14H,6,9,11-12H2,1-5H3,(H2,23,24,26);6H,2-5H2,1H3,(H,8,9,10);1-2H3. The molecule has 1 aromatic heterocycles. The van der Waals surface area contributed by atoms with E-state index in [-0.39, 0.29) is 17.7 Å². The van der Waals surface area contributed by atoms with Crippen molar-refractivity contribution in [2.45, 2.75) is 107 Å². The largest absolute Gasteiger partial charge is 0.334 e. The van der Waals surface area contributed by atoms with Crippen molar-refractivity contribution >= 4 is 35.5 Å². The van der Waals surface area contributed by atoms with Crippen molar-refractivity contribution in [3.63, 3.8) is 0 Å². The van der Waals surface area contributed by atoms with Crippen molar-refractivity contribution < 1.29 is 19.2 Å². The zero-order chi connectivity index (χ0) is 29.8. The summed E-state index contributed by atoms with van der Waals surface area (Å²) in [6, 6.07) is 6.00. The first-order chi connectivity index (χ1) is 18.6. The molecule has 1 unspecified atom stereocenters. The van der Waals surface area contributed by atoms with Gasteiger partial charge in [0.1, 0.15) is 0 Å². The van der Waals surface area contributed by atoms with E-state index in [2.05, 4.69) is 62.7 Å². The summed E-state index contributed by atoms with van der Waals surface area (Å²) in [5.41, 5.74) is 5.44. The summed E-state index contributed by atoms with van der Waals surface area (Å²) < 4.78 is 0. The highest BCUT2D eigenvalue weighted by Crippen LogP contribution is 2.27. The van der Waals surface area contributed by atoms with E-state index in [0.717, 1.165) is 53.7 Å². The van der Waals surface area contributed by atoms with Gasteiger partial charge >= 0.3 is 6.03 Å². The molecule has 3 N–H and O–H groups in total. The van der Waals surface area contributed by atoms with Gasteiger partial charge in [0.05, 0.1) is 6.54 Å². The molecule has 7 nitrogen and oxygen atoms in total. The van der Waals surface area contributed by atoms with Crippen LogP contribution in [-0.2, 0) is 29.1 Å². The number of ketones is 1. The van der Waals surface area contributed by atoms with Gasteiger partial charge in [0.25, 0.3) is 0 Å². The zero-order valence-corrected chi connectivity index (χ0v) is 26.0. The molecule has 0 saturated carbocycles. The van der Waals surface area contributed by atoms with Crippen LogP contribution in [0.15, 0.2) is 23.6 Å². The van der Waals surface area contributed by atoms with Crippen molar-refractivity contribution in [3.05, 3.63) is 56.3 Å². The number of nitrogens with one attached hydrogen (secondary N) is 3. The Bertz CT molecular complexity index is 1030. The van der Waals surface area contributed by atoms with Crippen LogP contribution in [0.3, 0.4) is 0 Å². The van der Waals surface area contributed by atoms with E-state index in [9.17, 15) is 19.2 Å². The molecule has 0 aliphatic carbocycles. The van der Waals surface area contributed by atoms with Crippen molar-refractivity contribution in [3.8, 4) is 0 Å².